The molecule has 0 aliphatic rings. The van der Waals surface area contributed by atoms with Gasteiger partial charge in [0.25, 0.3) is 5.69 Å². The number of aromatic nitrogens is 1. The molecule has 0 saturated heterocycles. The third-order valence-electron chi connectivity index (χ3n) is 4.74. The van der Waals surface area contributed by atoms with Crippen LogP contribution in [0.2, 0.25) is 0 Å². The molecule has 3 rings (SSSR count). The van der Waals surface area contributed by atoms with Crippen LogP contribution in [-0.2, 0) is 0 Å². The molecule has 0 unspecified atom stereocenters. The molecule has 1 N–H and O–H groups in total. The fourth-order valence-electron chi connectivity index (χ4n) is 2.95. The average molecular weight is 420 g/mol. The second-order valence-corrected chi connectivity index (χ2v) is 7.43. The molecule has 0 radical (unpaired) electrons. The summed E-state index contributed by atoms with van der Waals surface area (Å²) in [5, 5.41) is 27.4. The highest BCUT2D eigenvalue weighted by Gasteiger charge is 2.20. The molecule has 0 fully saturated rings. The van der Waals surface area contributed by atoms with Gasteiger partial charge in [0, 0.05) is 29.4 Å². The summed E-state index contributed by atoms with van der Waals surface area (Å²) in [6.45, 7) is 5.95. The predicted octanol–water partition coefficient (Wildman–Crippen LogP) is 3.93. The third kappa shape index (κ3) is 4.69. The lowest BCUT2D eigenvalue weighted by molar-refractivity contribution is -0.578. The Morgan fingerprint density at radius 2 is 1.73 bits per heavy atom. The number of non-ortho nitro benzene ring substituents is 1. The number of hydrogen-bond donors (Lipinski definition) is 1. The first-order valence-electron chi connectivity index (χ1n) is 9.29. The van der Waals surface area contributed by atoms with Crippen LogP contribution in [0.3, 0.4) is 0 Å². The number of nitrogens with one attached hydrogen (secondary N) is 1. The maximum absolute atomic E-state index is 13.3. The summed E-state index contributed by atoms with van der Waals surface area (Å²) in [6, 6.07) is 15.1. The van der Waals surface area contributed by atoms with Gasteiger partial charge < -0.3 is 10.4 Å². The van der Waals surface area contributed by atoms with E-state index in [4.69, 9.17) is 12.2 Å². The SMILES string of the molecule is Cc1ccc[n+](/C(C(=S)Nc2ccc(C)c(C)c2)=C(/[O-])c2ccc([N+](=O)[O-])cc2)c1. The second kappa shape index (κ2) is 8.84. The first kappa shape index (κ1) is 21.1. The molecule has 0 atom stereocenters. The molecule has 0 saturated carbocycles. The van der Waals surface area contributed by atoms with E-state index >= 15 is 0 Å². The van der Waals surface area contributed by atoms with Gasteiger partial charge in [0.05, 0.1) is 4.92 Å². The number of benzene rings is 2. The van der Waals surface area contributed by atoms with Gasteiger partial charge in [0.1, 0.15) is 0 Å². The Morgan fingerprint density at radius 1 is 1.03 bits per heavy atom. The van der Waals surface area contributed by atoms with E-state index in [0.29, 0.717) is 5.56 Å². The quantitative estimate of drug-likeness (QED) is 0.169. The van der Waals surface area contributed by atoms with Crippen LogP contribution in [0.15, 0.2) is 67.0 Å². The van der Waals surface area contributed by atoms with E-state index in [1.54, 1.807) is 10.8 Å². The average Bonchev–Trinajstić information content (AvgIpc) is 2.71. The minimum atomic E-state index is -0.500. The number of nitro groups is 1. The van der Waals surface area contributed by atoms with Crippen LogP contribution < -0.4 is 15.0 Å². The number of hydrogen-bond acceptors (Lipinski definition) is 4. The van der Waals surface area contributed by atoms with Crippen LogP contribution in [0.25, 0.3) is 11.5 Å². The summed E-state index contributed by atoms with van der Waals surface area (Å²) in [4.78, 5) is 10.7. The molecular weight excluding hydrogens is 398 g/mol. The summed E-state index contributed by atoms with van der Waals surface area (Å²) in [5.74, 6) is -0.332. The van der Waals surface area contributed by atoms with E-state index in [1.165, 1.54) is 24.3 Å². The number of nitrogens with zero attached hydrogens (tertiary/aromatic N) is 2. The van der Waals surface area contributed by atoms with Gasteiger partial charge >= 0.3 is 0 Å². The van der Waals surface area contributed by atoms with Crippen molar-refractivity contribution < 1.29 is 14.6 Å². The Morgan fingerprint density at radius 3 is 2.33 bits per heavy atom. The zero-order valence-corrected chi connectivity index (χ0v) is 17.7. The summed E-state index contributed by atoms with van der Waals surface area (Å²) in [5.41, 5.74) is 4.51. The van der Waals surface area contributed by atoms with Crippen molar-refractivity contribution in [2.75, 3.05) is 5.32 Å². The van der Waals surface area contributed by atoms with Crippen molar-refractivity contribution in [2.45, 2.75) is 20.8 Å². The lowest BCUT2D eigenvalue weighted by Gasteiger charge is -2.17. The van der Waals surface area contributed by atoms with E-state index < -0.39 is 4.92 Å². The van der Waals surface area contributed by atoms with Crippen molar-refractivity contribution in [2.24, 2.45) is 0 Å². The maximum Gasteiger partial charge on any atom is 0.269 e. The molecule has 7 heteroatoms. The lowest BCUT2D eigenvalue weighted by atomic mass is 10.1. The zero-order valence-electron chi connectivity index (χ0n) is 16.9. The van der Waals surface area contributed by atoms with Crippen molar-refractivity contribution in [3.8, 4) is 0 Å². The van der Waals surface area contributed by atoms with Crippen molar-refractivity contribution in [3.63, 3.8) is 0 Å². The zero-order chi connectivity index (χ0) is 21.8. The number of anilines is 1. The van der Waals surface area contributed by atoms with E-state index in [-0.39, 0.29) is 22.1 Å². The fraction of sp³-hybridized carbons (Fsp3) is 0.130. The van der Waals surface area contributed by atoms with Gasteiger partial charge in [-0.1, -0.05) is 18.3 Å². The van der Waals surface area contributed by atoms with Crippen LogP contribution in [0.4, 0.5) is 11.4 Å². The topological polar surface area (TPSA) is 82.1 Å². The first-order chi connectivity index (χ1) is 14.3. The maximum atomic E-state index is 13.3. The Labute approximate surface area is 180 Å². The highest BCUT2D eigenvalue weighted by Crippen LogP contribution is 2.21. The van der Waals surface area contributed by atoms with Gasteiger partial charge in [-0.25, -0.2) is 0 Å². The minimum Gasteiger partial charge on any atom is -0.867 e. The summed E-state index contributed by atoms with van der Waals surface area (Å²) >= 11 is 5.60. The van der Waals surface area contributed by atoms with Gasteiger partial charge in [-0.3, -0.25) is 10.1 Å². The van der Waals surface area contributed by atoms with Crippen molar-refractivity contribution in [1.29, 1.82) is 0 Å². The van der Waals surface area contributed by atoms with E-state index in [9.17, 15) is 15.2 Å². The standard InChI is InChI=1S/C23H21N3O3S/c1-15-5-4-12-25(14-15)21(22(27)18-7-10-20(11-8-18)26(28)29)23(30)24-19-9-6-16(2)17(3)13-19/h4-14H,1-3H3,(H-,24,27,30). The predicted molar refractivity (Wildman–Crippen MR) is 120 cm³/mol. The van der Waals surface area contributed by atoms with Gasteiger partial charge in [-0.15, -0.1) is 0 Å². The molecule has 30 heavy (non-hydrogen) atoms. The van der Waals surface area contributed by atoms with Gasteiger partial charge in [-0.2, -0.15) is 4.57 Å². The molecule has 0 amide bonds. The monoisotopic (exact) mass is 419 g/mol. The largest absolute Gasteiger partial charge is 0.867 e. The highest BCUT2D eigenvalue weighted by molar-refractivity contribution is 7.81. The lowest BCUT2D eigenvalue weighted by Crippen LogP contribution is -2.40. The van der Waals surface area contributed by atoms with Crippen LogP contribution >= 0.6 is 12.2 Å². The third-order valence-corrected chi connectivity index (χ3v) is 5.04. The number of aryl methyl sites for hydroxylation is 3. The fourth-order valence-corrected chi connectivity index (χ4v) is 3.27. The Hall–Kier alpha value is -3.58. The molecule has 0 spiro atoms. The van der Waals surface area contributed by atoms with Gasteiger partial charge in [-0.05, 0) is 73.6 Å². The first-order valence-corrected chi connectivity index (χ1v) is 9.70. The Balaban J connectivity index is 2.07. The molecule has 2 aromatic carbocycles. The second-order valence-electron chi connectivity index (χ2n) is 7.02. The number of pyridine rings is 1. The van der Waals surface area contributed by atoms with Crippen molar-refractivity contribution in [3.05, 3.63) is 99.4 Å². The summed E-state index contributed by atoms with van der Waals surface area (Å²) < 4.78 is 1.68. The Bertz CT molecular complexity index is 1150. The molecule has 152 valence electrons. The molecule has 3 aromatic rings. The molecule has 0 aliphatic heterocycles. The van der Waals surface area contributed by atoms with Crippen molar-refractivity contribution >= 4 is 40.0 Å². The normalized spacial score (nSPS) is 11.6. The molecule has 6 nitrogen and oxygen atoms in total. The number of thiocarbonyl (C=S) groups is 1. The van der Waals surface area contributed by atoms with E-state index in [2.05, 4.69) is 5.32 Å². The molecule has 0 aliphatic carbocycles. The van der Waals surface area contributed by atoms with Gasteiger partial charge in [0.15, 0.2) is 17.4 Å². The van der Waals surface area contributed by atoms with Crippen LogP contribution in [-0.4, -0.2) is 9.91 Å². The van der Waals surface area contributed by atoms with Crippen LogP contribution in [0.5, 0.6) is 0 Å². The van der Waals surface area contributed by atoms with Crippen LogP contribution in [0.1, 0.15) is 22.3 Å². The summed E-state index contributed by atoms with van der Waals surface area (Å²) in [6.07, 6.45) is 3.56. The smallest absolute Gasteiger partial charge is 0.269 e. The molecule has 1 aromatic heterocycles. The number of nitro benzene ring substituents is 1. The molecular formula is C23H21N3O3S. The minimum absolute atomic E-state index is 0.0767. The summed E-state index contributed by atoms with van der Waals surface area (Å²) in [7, 11) is 0. The van der Waals surface area contributed by atoms with E-state index in [1.807, 2.05) is 57.3 Å². The van der Waals surface area contributed by atoms with Crippen LogP contribution in [0, 0.1) is 30.9 Å². The number of rotatable bonds is 5. The van der Waals surface area contributed by atoms with E-state index in [0.717, 1.165) is 22.4 Å². The molecule has 1 heterocycles. The Kier molecular flexibility index (Phi) is 6.23. The molecule has 0 bridgehead atoms. The van der Waals surface area contributed by atoms with Gasteiger partial charge in [0.2, 0.25) is 5.70 Å². The highest BCUT2D eigenvalue weighted by atomic mass is 32.1. The van der Waals surface area contributed by atoms with Crippen molar-refractivity contribution in [1.82, 2.24) is 0 Å².